The van der Waals surface area contributed by atoms with E-state index in [2.05, 4.69) is 31.0 Å². The summed E-state index contributed by atoms with van der Waals surface area (Å²) in [5.41, 5.74) is 1.15. The van der Waals surface area contributed by atoms with Crippen LogP contribution < -0.4 is 14.8 Å². The number of hydrogen-bond donors (Lipinski definition) is 2. The lowest BCUT2D eigenvalue weighted by molar-refractivity contribution is -0.115. The maximum atomic E-state index is 12.4. The van der Waals surface area contributed by atoms with Gasteiger partial charge in [-0.1, -0.05) is 15.9 Å². The number of aromatic nitrogens is 1. The Morgan fingerprint density at radius 1 is 1.14 bits per heavy atom. The van der Waals surface area contributed by atoms with Crippen LogP contribution in [-0.4, -0.2) is 26.4 Å². The lowest BCUT2D eigenvalue weighted by atomic mass is 10.3. The van der Waals surface area contributed by atoms with Gasteiger partial charge in [0, 0.05) is 15.5 Å². The highest BCUT2D eigenvalue weighted by molar-refractivity contribution is 9.10. The van der Waals surface area contributed by atoms with Crippen LogP contribution in [0, 0.1) is 0 Å². The Hall–Kier alpha value is -2.43. The molecular formula is C18H16BrN3O4S2. The molecule has 0 atom stereocenters. The van der Waals surface area contributed by atoms with E-state index in [1.807, 2.05) is 12.1 Å². The van der Waals surface area contributed by atoms with E-state index in [0.717, 1.165) is 15.8 Å². The van der Waals surface area contributed by atoms with Crippen molar-refractivity contribution in [2.75, 3.05) is 17.1 Å². The Morgan fingerprint density at radius 3 is 2.46 bits per heavy atom. The second-order valence-electron chi connectivity index (χ2n) is 5.66. The highest BCUT2D eigenvalue weighted by Gasteiger charge is 2.17. The smallest absolute Gasteiger partial charge is 0.263 e. The quantitative estimate of drug-likeness (QED) is 0.533. The van der Waals surface area contributed by atoms with Crippen molar-refractivity contribution in [1.82, 2.24) is 4.98 Å². The first-order chi connectivity index (χ1) is 13.4. The maximum Gasteiger partial charge on any atom is 0.263 e. The Morgan fingerprint density at radius 2 is 1.82 bits per heavy atom. The molecule has 0 aliphatic rings. The van der Waals surface area contributed by atoms with Gasteiger partial charge in [-0.25, -0.2) is 13.4 Å². The van der Waals surface area contributed by atoms with E-state index in [1.54, 1.807) is 29.6 Å². The van der Waals surface area contributed by atoms with Crippen LogP contribution in [0.5, 0.6) is 5.75 Å². The molecule has 0 unspecified atom stereocenters. The number of ether oxygens (including phenoxy) is 1. The van der Waals surface area contributed by atoms with E-state index in [1.165, 1.54) is 19.2 Å². The summed E-state index contributed by atoms with van der Waals surface area (Å²) >= 11 is 4.45. The van der Waals surface area contributed by atoms with Gasteiger partial charge in [0.25, 0.3) is 10.0 Å². The zero-order valence-corrected chi connectivity index (χ0v) is 17.9. The van der Waals surface area contributed by atoms with Gasteiger partial charge in [0.1, 0.15) is 5.75 Å². The first-order valence-corrected chi connectivity index (χ1v) is 11.2. The minimum atomic E-state index is -3.77. The molecule has 3 rings (SSSR count). The van der Waals surface area contributed by atoms with E-state index in [-0.39, 0.29) is 22.4 Å². The molecule has 0 saturated heterocycles. The molecule has 0 bridgehead atoms. The predicted molar refractivity (Wildman–Crippen MR) is 112 cm³/mol. The van der Waals surface area contributed by atoms with Crippen LogP contribution in [0.1, 0.15) is 5.69 Å². The fraction of sp³-hybridized carbons (Fsp3) is 0.111. The van der Waals surface area contributed by atoms with E-state index < -0.39 is 10.0 Å². The molecule has 0 aliphatic heterocycles. The van der Waals surface area contributed by atoms with E-state index in [9.17, 15) is 13.2 Å². The van der Waals surface area contributed by atoms with Crippen LogP contribution >= 0.6 is 27.3 Å². The SMILES string of the molecule is COc1ccc(S(=O)(=O)Nc2nc(CC(=O)Nc3ccc(Br)cc3)cs2)cc1. The van der Waals surface area contributed by atoms with Crippen molar-refractivity contribution in [3.05, 3.63) is 64.1 Å². The first-order valence-electron chi connectivity index (χ1n) is 8.02. The monoisotopic (exact) mass is 481 g/mol. The van der Waals surface area contributed by atoms with Gasteiger partial charge in [-0.05, 0) is 48.5 Å². The molecule has 0 saturated carbocycles. The number of carbonyl (C=O) groups is 1. The third kappa shape index (κ3) is 5.31. The molecule has 1 heterocycles. The second-order valence-corrected chi connectivity index (χ2v) is 9.11. The second kappa shape index (κ2) is 8.72. The number of amides is 1. The first kappa shape index (κ1) is 20.3. The summed E-state index contributed by atoms with van der Waals surface area (Å²) in [7, 11) is -2.26. The Balaban J connectivity index is 1.62. The number of thiazole rings is 1. The van der Waals surface area contributed by atoms with Crippen molar-refractivity contribution in [2.24, 2.45) is 0 Å². The number of nitrogens with zero attached hydrogens (tertiary/aromatic N) is 1. The summed E-state index contributed by atoms with van der Waals surface area (Å²) in [6, 6.07) is 13.2. The van der Waals surface area contributed by atoms with Crippen LogP contribution in [0.15, 0.2) is 63.3 Å². The number of methoxy groups -OCH3 is 1. The van der Waals surface area contributed by atoms with Crippen molar-refractivity contribution in [1.29, 1.82) is 0 Å². The van der Waals surface area contributed by atoms with E-state index in [0.29, 0.717) is 17.1 Å². The summed E-state index contributed by atoms with van der Waals surface area (Å²) in [6.45, 7) is 0. The van der Waals surface area contributed by atoms with Crippen molar-refractivity contribution in [2.45, 2.75) is 11.3 Å². The number of rotatable bonds is 7. The highest BCUT2D eigenvalue weighted by atomic mass is 79.9. The number of nitrogens with one attached hydrogen (secondary N) is 2. The van der Waals surface area contributed by atoms with Crippen molar-refractivity contribution in [3.63, 3.8) is 0 Å². The largest absolute Gasteiger partial charge is 0.497 e. The average Bonchev–Trinajstić information content (AvgIpc) is 3.09. The molecule has 2 aromatic carbocycles. The van der Waals surface area contributed by atoms with Gasteiger partial charge in [0.15, 0.2) is 5.13 Å². The van der Waals surface area contributed by atoms with E-state index >= 15 is 0 Å². The summed E-state index contributed by atoms with van der Waals surface area (Å²) in [4.78, 5) is 16.4. The molecule has 28 heavy (non-hydrogen) atoms. The standard InChI is InChI=1S/C18H16BrN3O4S2/c1-26-15-6-8-16(9-7-15)28(24,25)22-18-21-14(11-27-18)10-17(23)20-13-4-2-12(19)3-5-13/h2-9,11H,10H2,1H3,(H,20,23)(H,21,22). The third-order valence-electron chi connectivity index (χ3n) is 3.61. The number of hydrogen-bond acceptors (Lipinski definition) is 6. The molecule has 1 amide bonds. The molecule has 10 heteroatoms. The van der Waals surface area contributed by atoms with Gasteiger partial charge >= 0.3 is 0 Å². The lowest BCUT2D eigenvalue weighted by Gasteiger charge is -2.06. The van der Waals surface area contributed by atoms with Gasteiger partial charge in [-0.15, -0.1) is 11.3 Å². The van der Waals surface area contributed by atoms with Gasteiger partial charge in [0.05, 0.1) is 24.1 Å². The summed E-state index contributed by atoms with van der Waals surface area (Å²) < 4.78 is 33.2. The third-order valence-corrected chi connectivity index (χ3v) is 6.43. The zero-order chi connectivity index (χ0) is 20.1. The molecule has 0 radical (unpaired) electrons. The highest BCUT2D eigenvalue weighted by Crippen LogP contribution is 2.22. The Bertz CT molecular complexity index is 1060. The van der Waals surface area contributed by atoms with Crippen LogP contribution in [0.2, 0.25) is 0 Å². The summed E-state index contributed by atoms with van der Waals surface area (Å²) in [5, 5.41) is 4.61. The normalized spacial score (nSPS) is 11.1. The van der Waals surface area contributed by atoms with Crippen molar-refractivity contribution in [3.8, 4) is 5.75 Å². The van der Waals surface area contributed by atoms with Gasteiger partial charge < -0.3 is 10.1 Å². The minimum absolute atomic E-state index is 0.0385. The lowest BCUT2D eigenvalue weighted by Crippen LogP contribution is -2.15. The fourth-order valence-electron chi connectivity index (χ4n) is 2.27. The molecular weight excluding hydrogens is 466 g/mol. The van der Waals surface area contributed by atoms with Crippen molar-refractivity contribution >= 4 is 54.0 Å². The molecule has 2 N–H and O–H groups in total. The van der Waals surface area contributed by atoms with Crippen LogP contribution in [0.3, 0.4) is 0 Å². The number of carbonyl (C=O) groups excluding carboxylic acids is 1. The zero-order valence-electron chi connectivity index (χ0n) is 14.7. The van der Waals surface area contributed by atoms with Crippen LogP contribution in [0.25, 0.3) is 0 Å². The van der Waals surface area contributed by atoms with Gasteiger partial charge in [-0.3, -0.25) is 9.52 Å². The molecule has 0 aliphatic carbocycles. The summed E-state index contributed by atoms with van der Waals surface area (Å²) in [6.07, 6.45) is 0.0385. The molecule has 3 aromatic rings. The number of anilines is 2. The fourth-order valence-corrected chi connectivity index (χ4v) is 4.49. The number of sulfonamides is 1. The number of halogens is 1. The Kier molecular flexibility index (Phi) is 6.32. The minimum Gasteiger partial charge on any atom is -0.497 e. The topological polar surface area (TPSA) is 97.4 Å². The molecule has 146 valence electrons. The van der Waals surface area contributed by atoms with Crippen LogP contribution in [0.4, 0.5) is 10.8 Å². The van der Waals surface area contributed by atoms with Crippen LogP contribution in [-0.2, 0) is 21.2 Å². The molecule has 7 nitrogen and oxygen atoms in total. The van der Waals surface area contributed by atoms with Crippen molar-refractivity contribution < 1.29 is 17.9 Å². The van der Waals surface area contributed by atoms with Gasteiger partial charge in [0.2, 0.25) is 5.91 Å². The van der Waals surface area contributed by atoms with Gasteiger partial charge in [-0.2, -0.15) is 0 Å². The number of benzene rings is 2. The molecule has 0 spiro atoms. The molecule has 1 aromatic heterocycles. The Labute approximate surface area is 175 Å². The van der Waals surface area contributed by atoms with E-state index in [4.69, 9.17) is 4.74 Å². The summed E-state index contributed by atoms with van der Waals surface area (Å²) in [5.74, 6) is 0.324. The maximum absolute atomic E-state index is 12.4. The average molecular weight is 482 g/mol. The molecule has 0 fully saturated rings. The predicted octanol–water partition coefficient (Wildman–Crippen LogP) is 3.90.